The minimum absolute atomic E-state index is 0.0990. The Labute approximate surface area is 185 Å². The first-order valence-electron chi connectivity index (χ1n) is 10.1. The van der Waals surface area contributed by atoms with E-state index in [9.17, 15) is 13.2 Å². The summed E-state index contributed by atoms with van der Waals surface area (Å²) >= 11 is 0. The average molecular weight is 458 g/mol. The van der Waals surface area contributed by atoms with Crippen molar-refractivity contribution in [2.75, 3.05) is 23.3 Å². The van der Waals surface area contributed by atoms with E-state index in [1.165, 1.54) is 6.92 Å². The Morgan fingerprint density at radius 3 is 2.56 bits per heavy atom. The van der Waals surface area contributed by atoms with Crippen molar-refractivity contribution < 1.29 is 27.2 Å². The van der Waals surface area contributed by atoms with Gasteiger partial charge in [0.05, 0.1) is 21.8 Å². The molecule has 2 heterocycles. The molecule has 1 amide bonds. The van der Waals surface area contributed by atoms with Gasteiger partial charge in [0.25, 0.3) is 10.0 Å². The Morgan fingerprint density at radius 2 is 1.84 bits per heavy atom. The lowest BCUT2D eigenvalue weighted by molar-refractivity contribution is -0.114. The molecule has 0 saturated carbocycles. The van der Waals surface area contributed by atoms with Gasteiger partial charge in [-0.1, -0.05) is 24.2 Å². The molecular weight excluding hydrogens is 434 g/mol. The molecule has 4 rings (SSSR count). The van der Waals surface area contributed by atoms with E-state index in [0.29, 0.717) is 59.2 Å². The van der Waals surface area contributed by atoms with Crippen LogP contribution >= 0.6 is 0 Å². The Bertz CT molecular complexity index is 1280. The number of amides is 1. The van der Waals surface area contributed by atoms with Crippen LogP contribution in [0.5, 0.6) is 11.5 Å². The monoisotopic (exact) mass is 457 g/mol. The second-order valence-corrected chi connectivity index (χ2v) is 8.96. The summed E-state index contributed by atoms with van der Waals surface area (Å²) < 4.78 is 45.4. The molecule has 0 atom stereocenters. The molecule has 9 nitrogen and oxygen atoms in total. The molecule has 0 saturated heterocycles. The van der Waals surface area contributed by atoms with Crippen LogP contribution in [0.25, 0.3) is 11.1 Å². The number of aromatic nitrogens is 1. The van der Waals surface area contributed by atoms with Gasteiger partial charge in [-0.25, -0.2) is 8.42 Å². The normalized spacial score (nSPS) is 13.0. The minimum Gasteiger partial charge on any atom is -0.486 e. The SMILES string of the molecule is CCc1noc(NC(C)=O)c1-c1ccc(C)c(S(=O)(=O)Nc2ccc3c(c2)OCCO3)c1. The van der Waals surface area contributed by atoms with Gasteiger partial charge >= 0.3 is 0 Å². The predicted molar refractivity (Wildman–Crippen MR) is 119 cm³/mol. The first-order valence-corrected chi connectivity index (χ1v) is 11.6. The lowest BCUT2D eigenvalue weighted by Gasteiger charge is -2.19. The molecule has 1 aliphatic rings. The molecule has 10 heteroatoms. The largest absolute Gasteiger partial charge is 0.486 e. The first kappa shape index (κ1) is 21.7. The molecule has 0 radical (unpaired) electrons. The zero-order valence-electron chi connectivity index (χ0n) is 17.9. The van der Waals surface area contributed by atoms with Crippen LogP contribution in [-0.2, 0) is 21.2 Å². The Morgan fingerprint density at radius 1 is 1.09 bits per heavy atom. The molecule has 168 valence electrons. The molecule has 0 spiro atoms. The third-order valence-electron chi connectivity index (χ3n) is 4.95. The number of carbonyl (C=O) groups excluding carboxylic acids is 1. The number of carbonyl (C=O) groups is 1. The summed E-state index contributed by atoms with van der Waals surface area (Å²) in [6, 6.07) is 9.91. The Hall–Kier alpha value is -3.53. The number of nitrogens with one attached hydrogen (secondary N) is 2. The van der Waals surface area contributed by atoms with E-state index in [0.717, 1.165) is 0 Å². The van der Waals surface area contributed by atoms with Gasteiger partial charge in [0, 0.05) is 13.0 Å². The topological polar surface area (TPSA) is 120 Å². The van der Waals surface area contributed by atoms with Crippen molar-refractivity contribution in [3.63, 3.8) is 0 Å². The molecule has 0 aliphatic carbocycles. The van der Waals surface area contributed by atoms with Gasteiger partial charge in [-0.3, -0.25) is 14.8 Å². The van der Waals surface area contributed by atoms with Gasteiger partial charge in [0.15, 0.2) is 11.5 Å². The number of hydrogen-bond donors (Lipinski definition) is 2. The summed E-state index contributed by atoms with van der Waals surface area (Å²) in [7, 11) is -3.92. The predicted octanol–water partition coefficient (Wildman–Crippen LogP) is 3.74. The van der Waals surface area contributed by atoms with Crippen molar-refractivity contribution in [2.24, 2.45) is 0 Å². The number of ether oxygens (including phenoxy) is 2. The third-order valence-corrected chi connectivity index (χ3v) is 6.47. The highest BCUT2D eigenvalue weighted by molar-refractivity contribution is 7.92. The van der Waals surface area contributed by atoms with Crippen LogP contribution < -0.4 is 19.5 Å². The minimum atomic E-state index is -3.92. The first-order chi connectivity index (χ1) is 15.3. The van der Waals surface area contributed by atoms with E-state index >= 15 is 0 Å². The molecular formula is C22H23N3O6S. The van der Waals surface area contributed by atoms with E-state index in [-0.39, 0.29) is 16.7 Å². The van der Waals surface area contributed by atoms with E-state index in [2.05, 4.69) is 15.2 Å². The second-order valence-electron chi connectivity index (χ2n) is 7.31. The van der Waals surface area contributed by atoms with Gasteiger partial charge < -0.3 is 14.0 Å². The number of benzene rings is 2. The van der Waals surface area contributed by atoms with Crippen LogP contribution in [0.2, 0.25) is 0 Å². The fourth-order valence-corrected chi connectivity index (χ4v) is 4.79. The molecule has 1 aromatic heterocycles. The van der Waals surface area contributed by atoms with E-state index in [4.69, 9.17) is 14.0 Å². The van der Waals surface area contributed by atoms with Crippen LogP contribution in [0.3, 0.4) is 0 Å². The van der Waals surface area contributed by atoms with E-state index in [1.54, 1.807) is 43.3 Å². The van der Waals surface area contributed by atoms with Crippen LogP contribution in [0.15, 0.2) is 45.8 Å². The standard InChI is InChI=1S/C22H23N3O6S/c1-4-17-21(22(31-24-17)23-14(3)26)15-6-5-13(2)20(11-15)32(27,28)25-16-7-8-18-19(12-16)30-10-9-29-18/h5-8,11-12,25H,4,9-10H2,1-3H3,(H,23,26). The summed E-state index contributed by atoms with van der Waals surface area (Å²) in [5, 5.41) is 6.62. The number of aryl methyl sites for hydroxylation is 2. The maximum atomic E-state index is 13.2. The Kier molecular flexibility index (Phi) is 5.79. The molecule has 0 unspecified atom stereocenters. The van der Waals surface area contributed by atoms with Gasteiger partial charge in [-0.05, 0) is 42.7 Å². The maximum Gasteiger partial charge on any atom is 0.262 e. The number of hydrogen-bond acceptors (Lipinski definition) is 7. The van der Waals surface area contributed by atoms with Crippen molar-refractivity contribution in [1.82, 2.24) is 5.16 Å². The second kappa shape index (κ2) is 8.54. The maximum absolute atomic E-state index is 13.2. The van der Waals surface area contributed by atoms with Crippen LogP contribution in [0, 0.1) is 6.92 Å². The summed E-state index contributed by atoms with van der Waals surface area (Å²) in [5.41, 5.74) is 2.66. The quantitative estimate of drug-likeness (QED) is 0.578. The van der Waals surface area contributed by atoms with Gasteiger partial charge in [0.1, 0.15) is 13.2 Å². The molecule has 0 bridgehead atoms. The van der Waals surface area contributed by atoms with Crippen molar-refractivity contribution in [1.29, 1.82) is 0 Å². The Balaban J connectivity index is 1.72. The number of fused-ring (bicyclic) bond motifs is 1. The average Bonchev–Trinajstić information content (AvgIpc) is 3.15. The van der Waals surface area contributed by atoms with Gasteiger partial charge in [-0.15, -0.1) is 0 Å². The summed E-state index contributed by atoms with van der Waals surface area (Å²) in [6.45, 7) is 5.83. The van der Waals surface area contributed by atoms with Crippen LogP contribution in [0.4, 0.5) is 11.6 Å². The summed E-state index contributed by atoms with van der Waals surface area (Å²) in [4.78, 5) is 11.7. The lowest BCUT2D eigenvalue weighted by Crippen LogP contribution is -2.17. The molecule has 2 aromatic carbocycles. The molecule has 32 heavy (non-hydrogen) atoms. The lowest BCUT2D eigenvalue weighted by atomic mass is 10.0. The molecule has 0 fully saturated rings. The number of sulfonamides is 1. The van der Waals surface area contributed by atoms with Crippen molar-refractivity contribution in [3.8, 4) is 22.6 Å². The molecule has 1 aliphatic heterocycles. The number of anilines is 2. The molecule has 2 N–H and O–H groups in total. The van der Waals surface area contributed by atoms with Gasteiger partial charge in [0.2, 0.25) is 11.8 Å². The van der Waals surface area contributed by atoms with Crippen LogP contribution in [-0.4, -0.2) is 32.7 Å². The highest BCUT2D eigenvalue weighted by atomic mass is 32.2. The zero-order chi connectivity index (χ0) is 22.9. The van der Waals surface area contributed by atoms with Crippen molar-refractivity contribution in [2.45, 2.75) is 32.1 Å². The number of nitrogens with zero attached hydrogens (tertiary/aromatic N) is 1. The highest BCUT2D eigenvalue weighted by Gasteiger charge is 2.23. The van der Waals surface area contributed by atoms with Gasteiger partial charge in [-0.2, -0.15) is 0 Å². The van der Waals surface area contributed by atoms with E-state index in [1.807, 2.05) is 6.92 Å². The fourth-order valence-electron chi connectivity index (χ4n) is 3.47. The van der Waals surface area contributed by atoms with Crippen molar-refractivity contribution in [3.05, 3.63) is 47.7 Å². The molecule has 3 aromatic rings. The summed E-state index contributed by atoms with van der Waals surface area (Å²) in [6.07, 6.45) is 0.545. The number of rotatable bonds is 6. The highest BCUT2D eigenvalue weighted by Crippen LogP contribution is 2.36. The van der Waals surface area contributed by atoms with Crippen LogP contribution in [0.1, 0.15) is 25.1 Å². The summed E-state index contributed by atoms with van der Waals surface area (Å²) in [5.74, 6) is 0.924. The van der Waals surface area contributed by atoms with E-state index < -0.39 is 10.0 Å². The third kappa shape index (κ3) is 4.26. The smallest absolute Gasteiger partial charge is 0.262 e. The fraction of sp³-hybridized carbons (Fsp3) is 0.273. The zero-order valence-corrected chi connectivity index (χ0v) is 18.7. The van der Waals surface area contributed by atoms with Crippen molar-refractivity contribution >= 4 is 27.5 Å².